The first-order chi connectivity index (χ1) is 12.7. The van der Waals surface area contributed by atoms with Gasteiger partial charge in [0, 0.05) is 50.1 Å². The van der Waals surface area contributed by atoms with E-state index < -0.39 is 18.2 Å². The lowest BCUT2D eigenvalue weighted by molar-refractivity contribution is -0.139. The van der Waals surface area contributed by atoms with E-state index in [1.165, 1.54) is 6.08 Å². The van der Waals surface area contributed by atoms with Crippen LogP contribution in [-0.2, 0) is 14.3 Å². The van der Waals surface area contributed by atoms with E-state index >= 15 is 0 Å². The van der Waals surface area contributed by atoms with Crippen LogP contribution in [0.4, 0.5) is 0 Å². The Bertz CT molecular complexity index is 578. The molecule has 0 unspecified atom stereocenters. The maximum absolute atomic E-state index is 11.9. The summed E-state index contributed by atoms with van der Waals surface area (Å²) < 4.78 is 5.42. The molecular weight excluding hydrogens is 346 g/mol. The van der Waals surface area contributed by atoms with Crippen molar-refractivity contribution in [3.8, 4) is 0 Å². The van der Waals surface area contributed by atoms with Gasteiger partial charge in [0.05, 0.1) is 13.2 Å². The summed E-state index contributed by atoms with van der Waals surface area (Å²) in [6.45, 7) is 15.7. The summed E-state index contributed by atoms with van der Waals surface area (Å²) in [4.78, 5) is 31.5. The lowest BCUT2D eigenvalue weighted by Crippen LogP contribution is -2.44. The van der Waals surface area contributed by atoms with Crippen molar-refractivity contribution in [1.29, 1.82) is 0 Å². The van der Waals surface area contributed by atoms with E-state index in [0.717, 1.165) is 31.2 Å². The van der Waals surface area contributed by atoms with Gasteiger partial charge in [0.15, 0.2) is 5.78 Å². The highest BCUT2D eigenvalue weighted by molar-refractivity contribution is 6.01. The first-order valence-corrected chi connectivity index (χ1v) is 9.44. The number of carbonyl (C=O) groups excluding carboxylic acids is 1. The van der Waals surface area contributed by atoms with Crippen LogP contribution in [-0.4, -0.2) is 71.4 Å². The first-order valence-electron chi connectivity index (χ1n) is 9.44. The minimum atomic E-state index is -1.11. The van der Waals surface area contributed by atoms with E-state index in [1.54, 1.807) is 6.20 Å². The Kier molecular flexibility index (Phi) is 9.78. The fraction of sp³-hybridized carbons (Fsp3) is 0.650. The lowest BCUT2D eigenvalue weighted by atomic mass is 10.1. The zero-order valence-electron chi connectivity index (χ0n) is 17.0. The number of hydrogen-bond donors (Lipinski definition) is 1. The van der Waals surface area contributed by atoms with Gasteiger partial charge >= 0.3 is 5.97 Å². The molecule has 0 aromatic carbocycles. The number of allylic oxidation sites excluding steroid dienone is 2. The standard InChI is InChI=1S/C20H33N3O4/c1-6-21-19(22-7-9-27-10-8-22)12-17(5)23(14-15(2)3)16(4)11-18(24)13-20(25)26/h6,11,15,17H,1,7-10,12-14H2,2-5H3,(H,25,26)/b16-11-,21-19+/t17-/m1/s1. The molecule has 1 rings (SSSR count). The topological polar surface area (TPSA) is 82.4 Å². The van der Waals surface area contributed by atoms with Crippen molar-refractivity contribution in [2.75, 3.05) is 32.8 Å². The number of ketones is 1. The minimum Gasteiger partial charge on any atom is -0.481 e. The first kappa shape index (κ1) is 22.9. The molecule has 0 bridgehead atoms. The summed E-state index contributed by atoms with van der Waals surface area (Å²) in [6, 6.07) is 0.0998. The fourth-order valence-corrected chi connectivity index (χ4v) is 3.15. The van der Waals surface area contributed by atoms with Crippen LogP contribution in [0.3, 0.4) is 0 Å². The Labute approximate surface area is 162 Å². The summed E-state index contributed by atoms with van der Waals surface area (Å²) >= 11 is 0. The van der Waals surface area contributed by atoms with E-state index in [2.05, 4.69) is 42.1 Å². The predicted octanol–water partition coefficient (Wildman–Crippen LogP) is 2.54. The Morgan fingerprint density at radius 1 is 1.30 bits per heavy atom. The van der Waals surface area contributed by atoms with Gasteiger partial charge in [0.1, 0.15) is 12.3 Å². The van der Waals surface area contributed by atoms with Crippen molar-refractivity contribution >= 4 is 17.6 Å². The van der Waals surface area contributed by atoms with Crippen molar-refractivity contribution in [1.82, 2.24) is 9.80 Å². The zero-order chi connectivity index (χ0) is 20.4. The number of carbonyl (C=O) groups is 2. The highest BCUT2D eigenvalue weighted by Crippen LogP contribution is 2.17. The summed E-state index contributed by atoms with van der Waals surface area (Å²) in [5.74, 6) is -0.151. The van der Waals surface area contributed by atoms with E-state index in [1.807, 2.05) is 6.92 Å². The van der Waals surface area contributed by atoms with Crippen LogP contribution in [0.5, 0.6) is 0 Å². The fourth-order valence-electron chi connectivity index (χ4n) is 3.15. The molecular formula is C20H33N3O4. The molecule has 27 heavy (non-hydrogen) atoms. The van der Waals surface area contributed by atoms with Crippen LogP contribution in [0, 0.1) is 5.92 Å². The molecule has 1 saturated heterocycles. The monoisotopic (exact) mass is 379 g/mol. The molecule has 1 fully saturated rings. The van der Waals surface area contributed by atoms with Crippen molar-refractivity contribution in [3.63, 3.8) is 0 Å². The number of carboxylic acids is 1. The van der Waals surface area contributed by atoms with Crippen molar-refractivity contribution in [2.45, 2.75) is 46.6 Å². The van der Waals surface area contributed by atoms with Crippen LogP contribution in [0.1, 0.15) is 40.5 Å². The number of amidine groups is 1. The molecule has 0 spiro atoms. The molecule has 1 aliphatic rings. The maximum Gasteiger partial charge on any atom is 0.311 e. The van der Waals surface area contributed by atoms with Gasteiger partial charge in [0.2, 0.25) is 0 Å². The van der Waals surface area contributed by atoms with Crippen molar-refractivity contribution in [2.24, 2.45) is 10.9 Å². The second-order valence-electron chi connectivity index (χ2n) is 7.25. The molecule has 152 valence electrons. The molecule has 1 N–H and O–H groups in total. The highest BCUT2D eigenvalue weighted by atomic mass is 16.5. The SMILES string of the molecule is C=C/N=C(\C[C@@H](C)N(CC(C)C)/C(C)=C\C(=O)CC(=O)O)N1CCOCC1. The Morgan fingerprint density at radius 3 is 2.44 bits per heavy atom. The van der Waals surface area contributed by atoms with Crippen LogP contribution in [0.25, 0.3) is 0 Å². The van der Waals surface area contributed by atoms with Gasteiger partial charge in [-0.15, -0.1) is 0 Å². The third-order valence-electron chi connectivity index (χ3n) is 4.34. The second-order valence-corrected chi connectivity index (χ2v) is 7.25. The number of carboxylic acid groups (broad SMARTS) is 1. The molecule has 7 nitrogen and oxygen atoms in total. The van der Waals surface area contributed by atoms with Crippen molar-refractivity contribution in [3.05, 3.63) is 24.6 Å². The van der Waals surface area contributed by atoms with Gasteiger partial charge in [-0.05, 0) is 19.8 Å². The molecule has 0 aliphatic carbocycles. The normalized spacial score (nSPS) is 17.0. The van der Waals surface area contributed by atoms with Gasteiger partial charge in [-0.3, -0.25) is 9.59 Å². The van der Waals surface area contributed by atoms with Gasteiger partial charge in [-0.1, -0.05) is 20.4 Å². The number of hydrogen-bond acceptors (Lipinski definition) is 5. The average molecular weight is 380 g/mol. The molecule has 0 radical (unpaired) electrons. The largest absolute Gasteiger partial charge is 0.481 e. The van der Waals surface area contributed by atoms with Gasteiger partial charge in [-0.25, -0.2) is 4.99 Å². The summed E-state index contributed by atoms with van der Waals surface area (Å²) in [6.07, 6.45) is 3.21. The van der Waals surface area contributed by atoms with E-state index in [0.29, 0.717) is 25.6 Å². The molecule has 1 atom stereocenters. The molecule has 1 heterocycles. The maximum atomic E-state index is 11.9. The summed E-state index contributed by atoms with van der Waals surface area (Å²) in [7, 11) is 0. The van der Waals surface area contributed by atoms with E-state index in [4.69, 9.17) is 9.84 Å². The summed E-state index contributed by atoms with van der Waals surface area (Å²) in [5, 5.41) is 8.81. The van der Waals surface area contributed by atoms with Crippen LogP contribution >= 0.6 is 0 Å². The average Bonchev–Trinajstić information content (AvgIpc) is 2.58. The summed E-state index contributed by atoms with van der Waals surface area (Å²) in [5.41, 5.74) is 0.780. The van der Waals surface area contributed by atoms with Gasteiger partial charge in [0.25, 0.3) is 0 Å². The van der Waals surface area contributed by atoms with Crippen LogP contribution in [0.2, 0.25) is 0 Å². The quantitative estimate of drug-likeness (QED) is 0.272. The number of nitrogens with zero attached hydrogens (tertiary/aromatic N) is 3. The van der Waals surface area contributed by atoms with Crippen LogP contribution < -0.4 is 0 Å². The predicted molar refractivity (Wildman–Crippen MR) is 107 cm³/mol. The van der Waals surface area contributed by atoms with E-state index in [-0.39, 0.29) is 6.04 Å². The lowest BCUT2D eigenvalue weighted by Gasteiger charge is -2.36. The van der Waals surface area contributed by atoms with Crippen molar-refractivity contribution < 1.29 is 19.4 Å². The number of rotatable bonds is 10. The van der Waals surface area contributed by atoms with Gasteiger partial charge < -0.3 is 19.6 Å². The molecule has 0 aromatic rings. The third-order valence-corrected chi connectivity index (χ3v) is 4.34. The number of morpholine rings is 1. The van der Waals surface area contributed by atoms with Gasteiger partial charge in [-0.2, -0.15) is 0 Å². The smallest absolute Gasteiger partial charge is 0.311 e. The Balaban J connectivity index is 2.94. The molecule has 7 heteroatoms. The minimum absolute atomic E-state index is 0.0998. The zero-order valence-corrected chi connectivity index (χ0v) is 17.0. The Morgan fingerprint density at radius 2 is 1.93 bits per heavy atom. The third kappa shape index (κ3) is 8.39. The highest BCUT2D eigenvalue weighted by Gasteiger charge is 2.22. The number of aliphatic imine (C=N–C) groups is 1. The Hall–Kier alpha value is -2.15. The number of ether oxygens (including phenoxy) is 1. The van der Waals surface area contributed by atoms with Crippen LogP contribution in [0.15, 0.2) is 29.5 Å². The molecule has 0 amide bonds. The number of aliphatic carboxylic acids is 1. The molecule has 1 aliphatic heterocycles. The molecule has 0 aromatic heterocycles. The molecule has 0 saturated carbocycles. The second kappa shape index (κ2) is 11.5. The van der Waals surface area contributed by atoms with E-state index in [9.17, 15) is 9.59 Å².